The molecule has 30 heavy (non-hydrogen) atoms. The van der Waals surface area contributed by atoms with Gasteiger partial charge in [0.2, 0.25) is 0 Å². The van der Waals surface area contributed by atoms with Crippen LogP contribution in [0.4, 0.5) is 5.69 Å². The number of aryl methyl sites for hydroxylation is 2. The second-order valence-electron chi connectivity index (χ2n) is 7.71. The Hall–Kier alpha value is -2.73. The molecule has 2 aromatic rings. The minimum absolute atomic E-state index is 0.153. The number of nitrogens with one attached hydrogen (secondary N) is 1. The molecule has 5 nitrogen and oxygen atoms in total. The molecule has 3 rings (SSSR count). The fraction of sp³-hybridized carbons (Fsp3) is 0.333. The topological polar surface area (TPSA) is 59.9 Å². The van der Waals surface area contributed by atoms with Crippen LogP contribution < -0.4 is 14.8 Å². The quantitative estimate of drug-likeness (QED) is 0.585. The Morgan fingerprint density at radius 2 is 1.93 bits per heavy atom. The number of methoxy groups -OCH3 is 1. The van der Waals surface area contributed by atoms with E-state index < -0.39 is 0 Å². The highest BCUT2D eigenvalue weighted by atomic mass is 32.2. The van der Waals surface area contributed by atoms with Crippen molar-refractivity contribution >= 4 is 34.6 Å². The molecule has 0 aliphatic carbocycles. The number of benzene rings is 2. The van der Waals surface area contributed by atoms with Gasteiger partial charge in [0.25, 0.3) is 5.91 Å². The summed E-state index contributed by atoms with van der Waals surface area (Å²) in [5.74, 6) is 1.79. The number of rotatable bonds is 7. The fourth-order valence-corrected chi connectivity index (χ4v) is 3.80. The first-order chi connectivity index (χ1) is 14.4. The molecule has 1 N–H and O–H groups in total. The van der Waals surface area contributed by atoms with Gasteiger partial charge in [-0.3, -0.25) is 4.79 Å². The predicted octanol–water partition coefficient (Wildman–Crippen LogP) is 5.63. The van der Waals surface area contributed by atoms with Crippen LogP contribution in [0.25, 0.3) is 6.08 Å². The van der Waals surface area contributed by atoms with Crippen molar-refractivity contribution < 1.29 is 14.3 Å². The van der Waals surface area contributed by atoms with Crippen molar-refractivity contribution in [2.24, 2.45) is 10.9 Å². The van der Waals surface area contributed by atoms with E-state index in [9.17, 15) is 4.79 Å². The summed E-state index contributed by atoms with van der Waals surface area (Å²) in [4.78, 5) is 17.6. The van der Waals surface area contributed by atoms with Gasteiger partial charge < -0.3 is 14.8 Å². The summed E-state index contributed by atoms with van der Waals surface area (Å²) in [7, 11) is 1.62. The summed E-state index contributed by atoms with van der Waals surface area (Å²) in [6.07, 6.45) is 2.82. The molecule has 1 aliphatic heterocycles. The van der Waals surface area contributed by atoms with Crippen molar-refractivity contribution in [1.29, 1.82) is 0 Å². The Labute approximate surface area is 182 Å². The normalized spacial score (nSPS) is 16.4. The van der Waals surface area contributed by atoms with E-state index in [1.807, 2.05) is 50.3 Å². The Balaban J connectivity index is 1.76. The SMILES string of the molecule is COc1cc(C=C2SC(=Nc3ccc(C)cc3C)NC2=O)ccc1OCCC(C)C. The molecule has 0 unspecified atom stereocenters. The highest BCUT2D eigenvalue weighted by Gasteiger charge is 2.24. The number of amidine groups is 1. The number of ether oxygens (including phenoxy) is 2. The number of hydrogen-bond acceptors (Lipinski definition) is 5. The lowest BCUT2D eigenvalue weighted by atomic mass is 10.1. The molecular formula is C24H28N2O3S. The standard InChI is InChI=1S/C24H28N2O3S/c1-15(2)10-11-29-20-9-7-18(13-21(20)28-5)14-22-23(27)26-24(30-22)25-19-8-6-16(3)12-17(19)4/h6-9,12-15H,10-11H2,1-5H3,(H,25,26,27). The highest BCUT2D eigenvalue weighted by Crippen LogP contribution is 2.33. The number of carbonyl (C=O) groups is 1. The molecular weight excluding hydrogens is 396 g/mol. The summed E-state index contributed by atoms with van der Waals surface area (Å²) in [5.41, 5.74) is 3.99. The van der Waals surface area contributed by atoms with Gasteiger partial charge in [0.1, 0.15) is 0 Å². The molecule has 6 heteroatoms. The second-order valence-corrected chi connectivity index (χ2v) is 8.74. The van der Waals surface area contributed by atoms with Crippen LogP contribution >= 0.6 is 11.8 Å². The maximum absolute atomic E-state index is 12.4. The zero-order valence-electron chi connectivity index (χ0n) is 18.1. The minimum Gasteiger partial charge on any atom is -0.493 e. The number of nitrogens with zero attached hydrogens (tertiary/aromatic N) is 1. The van der Waals surface area contributed by atoms with E-state index in [1.54, 1.807) is 7.11 Å². The van der Waals surface area contributed by atoms with E-state index in [2.05, 4.69) is 30.2 Å². The van der Waals surface area contributed by atoms with E-state index in [-0.39, 0.29) is 5.91 Å². The molecule has 1 saturated heterocycles. The molecule has 1 aliphatic rings. The third kappa shape index (κ3) is 5.66. The molecule has 0 bridgehead atoms. The van der Waals surface area contributed by atoms with Gasteiger partial charge in [-0.25, -0.2) is 4.99 Å². The van der Waals surface area contributed by atoms with Crippen LogP contribution in [0, 0.1) is 19.8 Å². The molecule has 1 amide bonds. The summed E-state index contributed by atoms with van der Waals surface area (Å²) in [5, 5.41) is 3.42. The Kier molecular flexibility index (Phi) is 7.21. The summed E-state index contributed by atoms with van der Waals surface area (Å²) < 4.78 is 11.3. The molecule has 1 heterocycles. The number of thioether (sulfide) groups is 1. The van der Waals surface area contributed by atoms with Gasteiger partial charge in [-0.05, 0) is 73.4 Å². The lowest BCUT2D eigenvalue weighted by Crippen LogP contribution is -2.19. The van der Waals surface area contributed by atoms with Gasteiger partial charge in [-0.1, -0.05) is 37.6 Å². The Bertz CT molecular complexity index is 996. The van der Waals surface area contributed by atoms with Gasteiger partial charge in [-0.15, -0.1) is 0 Å². The van der Waals surface area contributed by atoms with Gasteiger partial charge >= 0.3 is 0 Å². The van der Waals surface area contributed by atoms with E-state index in [0.29, 0.717) is 34.1 Å². The molecule has 0 radical (unpaired) electrons. The Morgan fingerprint density at radius 1 is 1.13 bits per heavy atom. The van der Waals surface area contributed by atoms with Crippen molar-refractivity contribution in [3.63, 3.8) is 0 Å². The number of carbonyl (C=O) groups excluding carboxylic acids is 1. The van der Waals surface area contributed by atoms with Gasteiger partial charge in [0, 0.05) is 0 Å². The lowest BCUT2D eigenvalue weighted by molar-refractivity contribution is -0.115. The van der Waals surface area contributed by atoms with E-state index >= 15 is 0 Å². The van der Waals surface area contributed by atoms with E-state index in [4.69, 9.17) is 9.47 Å². The van der Waals surface area contributed by atoms with Crippen LogP contribution in [0.5, 0.6) is 11.5 Å². The monoisotopic (exact) mass is 424 g/mol. The molecule has 1 fully saturated rings. The first-order valence-corrected chi connectivity index (χ1v) is 10.8. The van der Waals surface area contributed by atoms with Crippen molar-refractivity contribution in [1.82, 2.24) is 5.32 Å². The third-order valence-corrected chi connectivity index (χ3v) is 5.57. The van der Waals surface area contributed by atoms with Gasteiger partial charge in [-0.2, -0.15) is 0 Å². The van der Waals surface area contributed by atoms with Gasteiger partial charge in [0.15, 0.2) is 16.7 Å². The highest BCUT2D eigenvalue weighted by molar-refractivity contribution is 8.18. The second kappa shape index (κ2) is 9.85. The predicted molar refractivity (Wildman–Crippen MR) is 125 cm³/mol. The third-order valence-electron chi connectivity index (χ3n) is 4.66. The van der Waals surface area contributed by atoms with Crippen LogP contribution in [0.2, 0.25) is 0 Å². The number of amides is 1. The van der Waals surface area contributed by atoms with Crippen molar-refractivity contribution in [2.75, 3.05) is 13.7 Å². The molecule has 2 aromatic carbocycles. The first kappa shape index (κ1) is 22.0. The zero-order chi connectivity index (χ0) is 21.7. The summed E-state index contributed by atoms with van der Waals surface area (Å²) >= 11 is 1.33. The van der Waals surface area contributed by atoms with Crippen molar-refractivity contribution in [3.8, 4) is 11.5 Å². The fourth-order valence-electron chi connectivity index (χ4n) is 2.97. The van der Waals surface area contributed by atoms with Crippen LogP contribution in [-0.2, 0) is 4.79 Å². The molecule has 0 saturated carbocycles. The number of aliphatic imine (C=N–C) groups is 1. The van der Waals surface area contributed by atoms with Crippen LogP contribution in [0.3, 0.4) is 0 Å². The minimum atomic E-state index is -0.153. The summed E-state index contributed by atoms with van der Waals surface area (Å²) in [6, 6.07) is 11.7. The molecule has 0 atom stereocenters. The van der Waals surface area contributed by atoms with Crippen LogP contribution in [0.15, 0.2) is 46.3 Å². The average Bonchev–Trinajstić information content (AvgIpc) is 3.03. The molecule has 0 aromatic heterocycles. The average molecular weight is 425 g/mol. The maximum Gasteiger partial charge on any atom is 0.264 e. The van der Waals surface area contributed by atoms with Crippen molar-refractivity contribution in [2.45, 2.75) is 34.1 Å². The van der Waals surface area contributed by atoms with Crippen LogP contribution in [-0.4, -0.2) is 24.8 Å². The van der Waals surface area contributed by atoms with E-state index in [1.165, 1.54) is 17.3 Å². The number of hydrogen-bond donors (Lipinski definition) is 1. The lowest BCUT2D eigenvalue weighted by Gasteiger charge is -2.12. The zero-order valence-corrected chi connectivity index (χ0v) is 18.9. The molecule has 158 valence electrons. The van der Waals surface area contributed by atoms with E-state index in [0.717, 1.165) is 23.2 Å². The summed E-state index contributed by atoms with van der Waals surface area (Å²) in [6.45, 7) is 9.04. The smallest absolute Gasteiger partial charge is 0.264 e. The van der Waals surface area contributed by atoms with Gasteiger partial charge in [0.05, 0.1) is 24.3 Å². The van der Waals surface area contributed by atoms with Crippen molar-refractivity contribution in [3.05, 3.63) is 58.0 Å². The van der Waals surface area contributed by atoms with Crippen LogP contribution in [0.1, 0.15) is 37.0 Å². The first-order valence-electron chi connectivity index (χ1n) is 10.0. The molecule has 0 spiro atoms. The maximum atomic E-state index is 12.4. The largest absolute Gasteiger partial charge is 0.493 e. The Morgan fingerprint density at radius 3 is 2.63 bits per heavy atom.